The summed E-state index contributed by atoms with van der Waals surface area (Å²) in [4.78, 5) is 12.5. The van der Waals surface area contributed by atoms with Gasteiger partial charge in [-0.1, -0.05) is 37.5 Å². The number of benzene rings is 1. The van der Waals surface area contributed by atoms with E-state index in [0.717, 1.165) is 6.42 Å². The minimum Gasteiger partial charge on any atom is -0.469 e. The maximum Gasteiger partial charge on any atom is 0.313 e. The lowest BCUT2D eigenvalue weighted by Gasteiger charge is -2.46. The van der Waals surface area contributed by atoms with E-state index in [0.29, 0.717) is 5.92 Å². The van der Waals surface area contributed by atoms with E-state index < -0.39 is 5.41 Å². The van der Waals surface area contributed by atoms with Gasteiger partial charge < -0.3 is 10.1 Å². The molecule has 0 bridgehead atoms. The number of rotatable bonds is 2. The Kier molecular flexibility index (Phi) is 3.92. The molecule has 3 rings (SSSR count). The number of nitrogens with one attached hydrogen (secondary N) is 1. The summed E-state index contributed by atoms with van der Waals surface area (Å²) in [5, 5.41) is 3.67. The van der Waals surface area contributed by atoms with Crippen LogP contribution >= 0.6 is 0 Å². The quantitative estimate of drug-likeness (QED) is 0.841. The van der Waals surface area contributed by atoms with Gasteiger partial charge in [0.25, 0.3) is 0 Å². The highest BCUT2D eigenvalue weighted by atomic mass is 16.5. The van der Waals surface area contributed by atoms with E-state index >= 15 is 0 Å². The molecular weight excluding hydrogens is 262 g/mol. The normalized spacial score (nSPS) is 29.3. The van der Waals surface area contributed by atoms with Crippen LogP contribution in [0.2, 0.25) is 0 Å². The second-order valence-corrected chi connectivity index (χ2v) is 6.76. The number of carbonyl (C=O) groups excluding carboxylic acids is 1. The van der Waals surface area contributed by atoms with E-state index in [1.165, 1.54) is 50.5 Å². The van der Waals surface area contributed by atoms with Gasteiger partial charge in [0.15, 0.2) is 0 Å². The first-order valence-electron chi connectivity index (χ1n) is 8.08. The van der Waals surface area contributed by atoms with E-state index in [9.17, 15) is 4.79 Å². The summed E-state index contributed by atoms with van der Waals surface area (Å²) < 4.78 is 5.15. The van der Waals surface area contributed by atoms with Gasteiger partial charge in [0.05, 0.1) is 12.5 Å². The standard InChI is InChI=1S/C18H25NO2/c1-18(17(20)21-2)12-14-10-6-7-11-15(14)19-16(18)13-8-4-3-5-9-13/h6-7,10-11,13,16,19H,3-5,8-9,12H2,1-2H3/t16-,18-/m1/s1. The van der Waals surface area contributed by atoms with Crippen LogP contribution in [0.15, 0.2) is 24.3 Å². The van der Waals surface area contributed by atoms with Crippen molar-refractivity contribution in [2.24, 2.45) is 11.3 Å². The molecule has 1 aliphatic carbocycles. The molecule has 21 heavy (non-hydrogen) atoms. The van der Waals surface area contributed by atoms with Crippen LogP contribution in [0.1, 0.15) is 44.6 Å². The number of carbonyl (C=O) groups is 1. The largest absolute Gasteiger partial charge is 0.469 e. The summed E-state index contributed by atoms with van der Waals surface area (Å²) in [5.41, 5.74) is 1.94. The summed E-state index contributed by atoms with van der Waals surface area (Å²) in [6.45, 7) is 2.07. The first kappa shape index (κ1) is 14.4. The first-order valence-corrected chi connectivity index (χ1v) is 8.08. The zero-order valence-corrected chi connectivity index (χ0v) is 13.0. The molecule has 114 valence electrons. The molecule has 1 heterocycles. The van der Waals surface area contributed by atoms with Crippen molar-refractivity contribution in [1.29, 1.82) is 0 Å². The van der Waals surface area contributed by atoms with Crippen LogP contribution in [0, 0.1) is 11.3 Å². The van der Waals surface area contributed by atoms with E-state index in [-0.39, 0.29) is 12.0 Å². The molecule has 1 aromatic rings. The lowest BCUT2D eigenvalue weighted by molar-refractivity contribution is -0.154. The van der Waals surface area contributed by atoms with Crippen molar-refractivity contribution in [1.82, 2.24) is 0 Å². The van der Waals surface area contributed by atoms with Crippen LogP contribution in [0.25, 0.3) is 0 Å². The van der Waals surface area contributed by atoms with Gasteiger partial charge in [0.2, 0.25) is 0 Å². The zero-order valence-electron chi connectivity index (χ0n) is 13.0. The molecule has 1 aliphatic heterocycles. The number of anilines is 1. The van der Waals surface area contributed by atoms with Crippen LogP contribution in [0.5, 0.6) is 0 Å². The van der Waals surface area contributed by atoms with Gasteiger partial charge in [-0.25, -0.2) is 0 Å². The third-order valence-corrected chi connectivity index (χ3v) is 5.35. The summed E-state index contributed by atoms with van der Waals surface area (Å²) in [7, 11) is 1.51. The van der Waals surface area contributed by atoms with E-state index in [1.807, 2.05) is 6.07 Å². The molecule has 3 nitrogen and oxygen atoms in total. The lowest BCUT2D eigenvalue weighted by Crippen LogP contribution is -2.53. The molecule has 0 amide bonds. The second kappa shape index (κ2) is 5.70. The van der Waals surface area contributed by atoms with Gasteiger partial charge in [-0.3, -0.25) is 4.79 Å². The van der Waals surface area contributed by atoms with Gasteiger partial charge >= 0.3 is 5.97 Å². The summed E-state index contributed by atoms with van der Waals surface area (Å²) >= 11 is 0. The molecule has 1 aromatic carbocycles. The summed E-state index contributed by atoms with van der Waals surface area (Å²) in [6.07, 6.45) is 7.08. The average molecular weight is 287 g/mol. The molecule has 3 heteroatoms. The fourth-order valence-electron chi connectivity index (χ4n) is 4.19. The van der Waals surface area contributed by atoms with Crippen LogP contribution in [0.3, 0.4) is 0 Å². The van der Waals surface area contributed by atoms with E-state index in [1.54, 1.807) is 0 Å². The van der Waals surface area contributed by atoms with Gasteiger partial charge in [0.1, 0.15) is 0 Å². The molecule has 1 saturated carbocycles. The predicted octanol–water partition coefficient (Wildman–Crippen LogP) is 3.78. The van der Waals surface area contributed by atoms with Crippen LogP contribution in [0.4, 0.5) is 5.69 Å². The molecule has 0 saturated heterocycles. The van der Waals surface area contributed by atoms with Crippen molar-refractivity contribution in [2.45, 2.75) is 51.5 Å². The molecular formula is C18H25NO2. The zero-order chi connectivity index (χ0) is 14.9. The van der Waals surface area contributed by atoms with Crippen molar-refractivity contribution >= 4 is 11.7 Å². The SMILES string of the molecule is COC(=O)[C@]1(C)Cc2ccccc2N[C@@H]1C1CCCCC1. The molecule has 0 spiro atoms. The van der Waals surface area contributed by atoms with E-state index in [4.69, 9.17) is 4.74 Å². The summed E-state index contributed by atoms with van der Waals surface area (Å²) in [6, 6.07) is 8.52. The number of methoxy groups -OCH3 is 1. The van der Waals surface area contributed by atoms with E-state index in [2.05, 4.69) is 30.4 Å². The Balaban J connectivity index is 1.96. The van der Waals surface area contributed by atoms with Gasteiger partial charge in [0, 0.05) is 11.7 Å². The summed E-state index contributed by atoms with van der Waals surface area (Å²) in [5.74, 6) is 0.483. The van der Waals surface area contributed by atoms with Gasteiger partial charge in [-0.05, 0) is 43.7 Å². The third-order valence-electron chi connectivity index (χ3n) is 5.35. The van der Waals surface area contributed by atoms with Crippen molar-refractivity contribution in [3.05, 3.63) is 29.8 Å². The molecule has 1 N–H and O–H groups in total. The van der Waals surface area contributed by atoms with Gasteiger partial charge in [-0.2, -0.15) is 0 Å². The number of para-hydroxylation sites is 1. The maximum absolute atomic E-state index is 12.5. The fourth-order valence-corrected chi connectivity index (χ4v) is 4.19. The molecule has 2 atom stereocenters. The van der Waals surface area contributed by atoms with Crippen LogP contribution < -0.4 is 5.32 Å². The van der Waals surface area contributed by atoms with Crippen molar-refractivity contribution < 1.29 is 9.53 Å². The van der Waals surface area contributed by atoms with Crippen LogP contribution in [-0.4, -0.2) is 19.1 Å². The lowest BCUT2D eigenvalue weighted by atomic mass is 9.66. The first-order chi connectivity index (χ1) is 10.1. The Morgan fingerprint density at radius 2 is 1.95 bits per heavy atom. The number of fused-ring (bicyclic) bond motifs is 1. The average Bonchev–Trinajstić information content (AvgIpc) is 2.54. The minimum absolute atomic E-state index is 0.0833. The number of hydrogen-bond donors (Lipinski definition) is 1. The molecule has 0 unspecified atom stereocenters. The van der Waals surface area contributed by atoms with Crippen molar-refractivity contribution in [3.63, 3.8) is 0 Å². The maximum atomic E-state index is 12.5. The monoisotopic (exact) mass is 287 g/mol. The highest BCUT2D eigenvalue weighted by Gasteiger charge is 2.48. The second-order valence-electron chi connectivity index (χ2n) is 6.76. The van der Waals surface area contributed by atoms with Crippen molar-refractivity contribution in [2.75, 3.05) is 12.4 Å². The Labute approximate surface area is 127 Å². The Hall–Kier alpha value is -1.51. The molecule has 0 radical (unpaired) electrons. The fraction of sp³-hybridized carbons (Fsp3) is 0.611. The smallest absolute Gasteiger partial charge is 0.313 e. The Bertz CT molecular complexity index is 522. The topological polar surface area (TPSA) is 38.3 Å². The molecule has 0 aromatic heterocycles. The van der Waals surface area contributed by atoms with Crippen molar-refractivity contribution in [3.8, 4) is 0 Å². The molecule has 2 aliphatic rings. The van der Waals surface area contributed by atoms with Crippen LogP contribution in [-0.2, 0) is 16.0 Å². The number of esters is 1. The number of ether oxygens (including phenoxy) is 1. The minimum atomic E-state index is -0.467. The Morgan fingerprint density at radius 1 is 1.24 bits per heavy atom. The highest BCUT2D eigenvalue weighted by Crippen LogP contribution is 2.44. The number of hydrogen-bond acceptors (Lipinski definition) is 3. The predicted molar refractivity (Wildman–Crippen MR) is 84.3 cm³/mol. The third kappa shape index (κ3) is 2.54. The molecule has 1 fully saturated rings. The highest BCUT2D eigenvalue weighted by molar-refractivity contribution is 5.80. The Morgan fingerprint density at radius 3 is 2.67 bits per heavy atom. The van der Waals surface area contributed by atoms with Gasteiger partial charge in [-0.15, -0.1) is 0 Å².